The molecular formula is C24H26O2. The van der Waals surface area contributed by atoms with Crippen molar-refractivity contribution >= 4 is 0 Å². The summed E-state index contributed by atoms with van der Waals surface area (Å²) in [6, 6.07) is 21.8. The Morgan fingerprint density at radius 1 is 0.692 bits per heavy atom. The Kier molecular flexibility index (Phi) is 5.32. The van der Waals surface area contributed by atoms with Gasteiger partial charge in [0, 0.05) is 0 Å². The second kappa shape index (κ2) is 7.65. The topological polar surface area (TPSA) is 29.5 Å². The Balaban J connectivity index is 1.90. The van der Waals surface area contributed by atoms with Crippen LogP contribution in [0.25, 0.3) is 11.1 Å². The molecule has 0 saturated carbocycles. The predicted molar refractivity (Wildman–Crippen MR) is 108 cm³/mol. The lowest BCUT2D eigenvalue weighted by atomic mass is 9.89. The van der Waals surface area contributed by atoms with E-state index in [2.05, 4.69) is 58.0 Å². The molecule has 3 rings (SSSR count). The van der Waals surface area contributed by atoms with Crippen LogP contribution >= 0.6 is 0 Å². The van der Waals surface area contributed by atoms with Crippen LogP contribution in [0.4, 0.5) is 0 Å². The van der Waals surface area contributed by atoms with Gasteiger partial charge in [-0.15, -0.1) is 0 Å². The van der Waals surface area contributed by atoms with Gasteiger partial charge in [0.15, 0.2) is 0 Å². The van der Waals surface area contributed by atoms with Crippen molar-refractivity contribution in [2.75, 3.05) is 0 Å². The molecule has 134 valence electrons. The highest BCUT2D eigenvalue weighted by Gasteiger charge is 2.11. The van der Waals surface area contributed by atoms with Crippen LogP contribution in [0.2, 0.25) is 0 Å². The van der Waals surface area contributed by atoms with E-state index < -0.39 is 0 Å². The number of rotatable bonds is 5. The molecule has 0 aliphatic heterocycles. The molecule has 2 heteroatoms. The largest absolute Gasteiger partial charge is 0.508 e. The van der Waals surface area contributed by atoms with Crippen molar-refractivity contribution in [3.8, 4) is 28.4 Å². The van der Waals surface area contributed by atoms with Crippen molar-refractivity contribution in [1.82, 2.24) is 0 Å². The zero-order valence-electron chi connectivity index (χ0n) is 15.9. The van der Waals surface area contributed by atoms with Crippen molar-refractivity contribution in [1.29, 1.82) is 0 Å². The maximum absolute atomic E-state index is 9.36. The summed E-state index contributed by atoms with van der Waals surface area (Å²) in [5.74, 6) is 2.70. The molecule has 26 heavy (non-hydrogen) atoms. The molecule has 0 saturated heterocycles. The van der Waals surface area contributed by atoms with Gasteiger partial charge in [0.25, 0.3) is 0 Å². The van der Waals surface area contributed by atoms with Crippen LogP contribution < -0.4 is 4.74 Å². The molecule has 0 aliphatic carbocycles. The Labute approximate surface area is 156 Å². The fourth-order valence-corrected chi connectivity index (χ4v) is 3.04. The summed E-state index contributed by atoms with van der Waals surface area (Å²) in [5, 5.41) is 9.36. The fourth-order valence-electron chi connectivity index (χ4n) is 3.04. The Morgan fingerprint density at radius 3 is 1.81 bits per heavy atom. The smallest absolute Gasteiger partial charge is 0.127 e. The van der Waals surface area contributed by atoms with Gasteiger partial charge in [-0.25, -0.2) is 0 Å². The normalized spacial score (nSPS) is 11.2. The van der Waals surface area contributed by atoms with Gasteiger partial charge < -0.3 is 9.84 Å². The van der Waals surface area contributed by atoms with Crippen LogP contribution in [-0.2, 0) is 0 Å². The van der Waals surface area contributed by atoms with E-state index in [0.29, 0.717) is 17.6 Å². The molecule has 0 spiro atoms. The zero-order valence-corrected chi connectivity index (χ0v) is 15.9. The van der Waals surface area contributed by atoms with E-state index in [1.165, 1.54) is 22.3 Å². The molecule has 0 aromatic heterocycles. The highest BCUT2D eigenvalue weighted by Crippen LogP contribution is 2.33. The highest BCUT2D eigenvalue weighted by molar-refractivity contribution is 5.69. The number of hydrogen-bond acceptors (Lipinski definition) is 2. The van der Waals surface area contributed by atoms with Crippen LogP contribution in [0, 0.1) is 0 Å². The molecule has 2 nitrogen and oxygen atoms in total. The second-order valence-electron chi connectivity index (χ2n) is 7.28. The summed E-state index contributed by atoms with van der Waals surface area (Å²) in [5.41, 5.74) is 5.21. The lowest BCUT2D eigenvalue weighted by molar-refractivity contribution is 0.464. The Morgan fingerprint density at radius 2 is 1.27 bits per heavy atom. The quantitative estimate of drug-likeness (QED) is 0.534. The summed E-state index contributed by atoms with van der Waals surface area (Å²) in [7, 11) is 0. The lowest BCUT2D eigenvalue weighted by Gasteiger charge is -2.17. The monoisotopic (exact) mass is 346 g/mol. The Bertz CT molecular complexity index is 860. The lowest BCUT2D eigenvalue weighted by Crippen LogP contribution is -1.96. The van der Waals surface area contributed by atoms with Gasteiger partial charge in [-0.3, -0.25) is 0 Å². The van der Waals surface area contributed by atoms with Gasteiger partial charge in [-0.1, -0.05) is 58.0 Å². The molecule has 0 amide bonds. The zero-order chi connectivity index (χ0) is 18.7. The minimum absolute atomic E-state index is 0.235. The molecule has 3 aromatic carbocycles. The molecule has 1 N–H and O–H groups in total. The minimum atomic E-state index is 0.235. The number of aromatic hydroxyl groups is 1. The fraction of sp³-hybridized carbons (Fsp3) is 0.250. The second-order valence-corrected chi connectivity index (χ2v) is 7.28. The molecule has 0 bridgehead atoms. The number of hydrogen-bond donors (Lipinski definition) is 1. The standard InChI is InChI=1S/C24H26O2/c1-16(2)19-7-14-23(17(3)4)24(15-19)18-5-10-21(11-6-18)26-22-12-8-20(25)9-13-22/h5-17,25H,1-4H3. The van der Waals surface area contributed by atoms with Crippen molar-refractivity contribution in [3.63, 3.8) is 0 Å². The minimum Gasteiger partial charge on any atom is -0.508 e. The average Bonchev–Trinajstić information content (AvgIpc) is 2.63. The number of ether oxygens (including phenoxy) is 1. The SMILES string of the molecule is CC(C)c1ccc(C(C)C)c(-c2ccc(Oc3ccc(O)cc3)cc2)c1. The molecular weight excluding hydrogens is 320 g/mol. The van der Waals surface area contributed by atoms with E-state index in [0.717, 1.165) is 5.75 Å². The van der Waals surface area contributed by atoms with Crippen LogP contribution in [0.15, 0.2) is 66.7 Å². The van der Waals surface area contributed by atoms with Crippen molar-refractivity contribution in [2.24, 2.45) is 0 Å². The van der Waals surface area contributed by atoms with Gasteiger partial charge in [-0.2, -0.15) is 0 Å². The first-order valence-corrected chi connectivity index (χ1v) is 9.15. The molecule has 0 atom stereocenters. The molecule has 3 aromatic rings. The summed E-state index contributed by atoms with van der Waals surface area (Å²) in [4.78, 5) is 0. The summed E-state index contributed by atoms with van der Waals surface area (Å²) < 4.78 is 5.85. The van der Waals surface area contributed by atoms with Gasteiger partial charge >= 0.3 is 0 Å². The van der Waals surface area contributed by atoms with Gasteiger partial charge in [0.05, 0.1) is 0 Å². The van der Waals surface area contributed by atoms with Crippen LogP contribution in [0.3, 0.4) is 0 Å². The molecule has 0 fully saturated rings. The number of benzene rings is 3. The predicted octanol–water partition coefficient (Wildman–Crippen LogP) is 7.10. The van der Waals surface area contributed by atoms with Crippen molar-refractivity contribution in [3.05, 3.63) is 77.9 Å². The van der Waals surface area contributed by atoms with Crippen LogP contribution in [0.5, 0.6) is 17.2 Å². The maximum atomic E-state index is 9.36. The van der Waals surface area contributed by atoms with Gasteiger partial charge in [-0.05, 0) is 70.5 Å². The third-order valence-electron chi connectivity index (χ3n) is 4.60. The van der Waals surface area contributed by atoms with Crippen LogP contribution in [-0.4, -0.2) is 5.11 Å². The molecule has 0 aliphatic rings. The maximum Gasteiger partial charge on any atom is 0.127 e. The third kappa shape index (κ3) is 4.08. The van der Waals surface area contributed by atoms with Crippen molar-refractivity contribution < 1.29 is 9.84 Å². The highest BCUT2D eigenvalue weighted by atomic mass is 16.5. The van der Waals surface area contributed by atoms with Gasteiger partial charge in [0.1, 0.15) is 17.2 Å². The molecule has 0 unspecified atom stereocenters. The number of phenolic OH excluding ortho intramolecular Hbond substituents is 1. The third-order valence-corrected chi connectivity index (χ3v) is 4.60. The first-order valence-electron chi connectivity index (χ1n) is 9.15. The summed E-state index contributed by atoms with van der Waals surface area (Å²) in [6.07, 6.45) is 0. The van der Waals surface area contributed by atoms with E-state index >= 15 is 0 Å². The van der Waals surface area contributed by atoms with Crippen molar-refractivity contribution in [2.45, 2.75) is 39.5 Å². The summed E-state index contributed by atoms with van der Waals surface area (Å²) in [6.45, 7) is 8.91. The van der Waals surface area contributed by atoms with Crippen LogP contribution in [0.1, 0.15) is 50.7 Å². The number of phenols is 1. The first-order chi connectivity index (χ1) is 12.4. The van der Waals surface area contributed by atoms with E-state index in [9.17, 15) is 5.11 Å². The first kappa shape index (κ1) is 18.1. The summed E-state index contributed by atoms with van der Waals surface area (Å²) >= 11 is 0. The van der Waals surface area contributed by atoms with E-state index in [4.69, 9.17) is 4.74 Å². The Hall–Kier alpha value is -2.74. The van der Waals surface area contributed by atoms with E-state index in [1.54, 1.807) is 24.3 Å². The van der Waals surface area contributed by atoms with E-state index in [1.807, 2.05) is 12.1 Å². The molecule has 0 radical (unpaired) electrons. The van der Waals surface area contributed by atoms with E-state index in [-0.39, 0.29) is 5.75 Å². The molecule has 0 heterocycles. The van der Waals surface area contributed by atoms with Gasteiger partial charge in [0.2, 0.25) is 0 Å². The average molecular weight is 346 g/mol.